The molecule has 0 bridgehead atoms. The Hall–Kier alpha value is -2.10. The molecule has 0 atom stereocenters. The van der Waals surface area contributed by atoms with Crippen molar-refractivity contribution in [3.8, 4) is 5.75 Å². The second kappa shape index (κ2) is 4.23. The summed E-state index contributed by atoms with van der Waals surface area (Å²) in [6.45, 7) is 0. The quantitative estimate of drug-likeness (QED) is 0.557. The summed E-state index contributed by atoms with van der Waals surface area (Å²) in [6, 6.07) is 5.94. The average molecular weight is 192 g/mol. The van der Waals surface area contributed by atoms with Gasteiger partial charge < -0.3 is 10.2 Å². The Morgan fingerprint density at radius 2 is 1.79 bits per heavy atom. The molecular weight excluding hydrogens is 184 g/mol. The number of benzene rings is 1. The van der Waals surface area contributed by atoms with Gasteiger partial charge in [0.1, 0.15) is 5.75 Å². The first-order chi connectivity index (χ1) is 6.61. The van der Waals surface area contributed by atoms with Crippen molar-refractivity contribution in [2.75, 3.05) is 0 Å². The summed E-state index contributed by atoms with van der Waals surface area (Å²) in [4.78, 5) is 21.4. The maximum Gasteiger partial charge on any atom is 0.328 e. The van der Waals surface area contributed by atoms with Crippen LogP contribution in [0.1, 0.15) is 10.4 Å². The zero-order valence-corrected chi connectivity index (χ0v) is 7.18. The Morgan fingerprint density at radius 3 is 2.36 bits per heavy atom. The number of aliphatic carboxylic acids is 1. The highest BCUT2D eigenvalue weighted by atomic mass is 16.4. The Bertz CT molecular complexity index is 393. The first kappa shape index (κ1) is 9.98. The molecule has 4 heteroatoms. The number of carboxylic acids is 1. The number of hydrogen-bond acceptors (Lipinski definition) is 3. The lowest BCUT2D eigenvalue weighted by Crippen LogP contribution is -1.96. The van der Waals surface area contributed by atoms with Gasteiger partial charge in [0.15, 0.2) is 5.78 Å². The highest BCUT2D eigenvalue weighted by molar-refractivity contribution is 6.08. The fourth-order valence-electron chi connectivity index (χ4n) is 0.919. The van der Waals surface area contributed by atoms with E-state index >= 15 is 0 Å². The molecule has 1 aromatic rings. The highest BCUT2D eigenvalue weighted by Gasteiger charge is 2.06. The van der Waals surface area contributed by atoms with Crippen LogP contribution >= 0.6 is 0 Å². The molecule has 0 aliphatic rings. The van der Waals surface area contributed by atoms with E-state index < -0.39 is 11.8 Å². The molecule has 1 rings (SSSR count). The van der Waals surface area contributed by atoms with Crippen LogP contribution in [0.3, 0.4) is 0 Å². The molecule has 0 amide bonds. The molecule has 0 spiro atoms. The second-order valence-corrected chi connectivity index (χ2v) is 2.55. The van der Waals surface area contributed by atoms with Gasteiger partial charge in [0.05, 0.1) is 5.56 Å². The summed E-state index contributed by atoms with van der Waals surface area (Å²) < 4.78 is 0. The van der Waals surface area contributed by atoms with Crippen LogP contribution < -0.4 is 0 Å². The van der Waals surface area contributed by atoms with Crippen LogP contribution in [0.2, 0.25) is 0 Å². The summed E-state index contributed by atoms with van der Waals surface area (Å²) >= 11 is 0. The molecule has 4 nitrogen and oxygen atoms in total. The average Bonchev–Trinajstić information content (AvgIpc) is 2.15. The number of carbonyl (C=O) groups is 2. The van der Waals surface area contributed by atoms with Gasteiger partial charge >= 0.3 is 5.97 Å². The molecule has 72 valence electrons. The van der Waals surface area contributed by atoms with Crippen molar-refractivity contribution in [2.24, 2.45) is 0 Å². The third kappa shape index (κ3) is 2.45. The fraction of sp³-hybridized carbons (Fsp3) is 0. The van der Waals surface area contributed by atoms with Crippen LogP contribution in [0.4, 0.5) is 0 Å². The molecule has 0 aromatic heterocycles. The Kier molecular flexibility index (Phi) is 3.01. The molecule has 0 saturated heterocycles. The number of phenols is 1. The van der Waals surface area contributed by atoms with E-state index in [4.69, 9.17) is 5.11 Å². The summed E-state index contributed by atoms with van der Waals surface area (Å²) in [7, 11) is 0. The van der Waals surface area contributed by atoms with Gasteiger partial charge in [0.25, 0.3) is 0 Å². The van der Waals surface area contributed by atoms with Crippen LogP contribution in [-0.4, -0.2) is 22.0 Å². The first-order valence-electron chi connectivity index (χ1n) is 3.84. The van der Waals surface area contributed by atoms with Crippen molar-refractivity contribution in [3.05, 3.63) is 42.0 Å². The third-order valence-corrected chi connectivity index (χ3v) is 1.55. The lowest BCUT2D eigenvalue weighted by molar-refractivity contribution is -0.131. The van der Waals surface area contributed by atoms with E-state index in [2.05, 4.69) is 0 Å². The van der Waals surface area contributed by atoms with E-state index in [0.717, 1.165) is 12.2 Å². The number of carboxylic acid groups (broad SMARTS) is 1. The van der Waals surface area contributed by atoms with Gasteiger partial charge in [-0.3, -0.25) is 4.79 Å². The SMILES string of the molecule is O=C(O)C=CC(=O)c1ccccc1O. The van der Waals surface area contributed by atoms with Crippen LogP contribution in [0.5, 0.6) is 5.75 Å². The normalized spacial score (nSPS) is 10.3. The lowest BCUT2D eigenvalue weighted by atomic mass is 10.1. The molecule has 0 radical (unpaired) electrons. The smallest absolute Gasteiger partial charge is 0.328 e. The van der Waals surface area contributed by atoms with Gasteiger partial charge in [-0.25, -0.2) is 4.79 Å². The Labute approximate surface area is 80.1 Å². The van der Waals surface area contributed by atoms with E-state index in [1.807, 2.05) is 0 Å². The summed E-state index contributed by atoms with van der Waals surface area (Å²) in [5.74, 6) is -1.90. The molecule has 0 aliphatic carbocycles. The standard InChI is InChI=1S/C10H8O4/c11-8-4-2-1-3-7(8)9(12)5-6-10(13)14/h1-6,11H,(H,13,14). The largest absolute Gasteiger partial charge is 0.507 e. The molecule has 0 saturated carbocycles. The zero-order valence-electron chi connectivity index (χ0n) is 7.18. The minimum absolute atomic E-state index is 0.0880. The van der Waals surface area contributed by atoms with E-state index in [1.54, 1.807) is 12.1 Å². The third-order valence-electron chi connectivity index (χ3n) is 1.55. The fourth-order valence-corrected chi connectivity index (χ4v) is 0.919. The second-order valence-electron chi connectivity index (χ2n) is 2.55. The van der Waals surface area contributed by atoms with Gasteiger partial charge in [-0.05, 0) is 18.2 Å². The number of aromatic hydroxyl groups is 1. The van der Waals surface area contributed by atoms with Crippen molar-refractivity contribution in [2.45, 2.75) is 0 Å². The number of hydrogen-bond donors (Lipinski definition) is 2. The first-order valence-corrected chi connectivity index (χ1v) is 3.84. The van der Waals surface area contributed by atoms with Crippen LogP contribution in [-0.2, 0) is 4.79 Å². The minimum atomic E-state index is -1.20. The zero-order chi connectivity index (χ0) is 10.6. The van der Waals surface area contributed by atoms with Gasteiger partial charge in [-0.15, -0.1) is 0 Å². The molecule has 0 unspecified atom stereocenters. The maximum atomic E-state index is 11.3. The van der Waals surface area contributed by atoms with Gasteiger partial charge in [0.2, 0.25) is 0 Å². The highest BCUT2D eigenvalue weighted by Crippen LogP contribution is 2.16. The Balaban J connectivity index is 2.91. The maximum absolute atomic E-state index is 11.3. The molecule has 0 heterocycles. The molecule has 1 aromatic carbocycles. The monoisotopic (exact) mass is 192 g/mol. The van der Waals surface area contributed by atoms with Gasteiger partial charge in [-0.2, -0.15) is 0 Å². The predicted octanol–water partition coefficient (Wildman–Crippen LogP) is 1.22. The van der Waals surface area contributed by atoms with Crippen molar-refractivity contribution in [3.63, 3.8) is 0 Å². The predicted molar refractivity (Wildman–Crippen MR) is 49.2 cm³/mol. The van der Waals surface area contributed by atoms with Crippen molar-refractivity contribution < 1.29 is 19.8 Å². The number of carbonyl (C=O) groups excluding carboxylic acids is 1. The minimum Gasteiger partial charge on any atom is -0.507 e. The van der Waals surface area contributed by atoms with Crippen LogP contribution in [0.25, 0.3) is 0 Å². The van der Waals surface area contributed by atoms with Crippen LogP contribution in [0, 0.1) is 0 Å². The van der Waals surface area contributed by atoms with Crippen molar-refractivity contribution in [1.29, 1.82) is 0 Å². The molecule has 14 heavy (non-hydrogen) atoms. The van der Waals surface area contributed by atoms with Crippen LogP contribution in [0.15, 0.2) is 36.4 Å². The summed E-state index contributed by atoms with van der Waals surface area (Å²) in [5.41, 5.74) is 0.0880. The van der Waals surface area contributed by atoms with Gasteiger partial charge in [-0.1, -0.05) is 12.1 Å². The van der Waals surface area contributed by atoms with Crippen molar-refractivity contribution in [1.82, 2.24) is 0 Å². The van der Waals surface area contributed by atoms with Crippen molar-refractivity contribution >= 4 is 11.8 Å². The van der Waals surface area contributed by atoms with E-state index in [0.29, 0.717) is 0 Å². The van der Waals surface area contributed by atoms with E-state index in [1.165, 1.54) is 12.1 Å². The molecule has 0 aliphatic heterocycles. The van der Waals surface area contributed by atoms with Gasteiger partial charge in [0, 0.05) is 6.08 Å². The number of allylic oxidation sites excluding steroid dienone is 1. The lowest BCUT2D eigenvalue weighted by Gasteiger charge is -1.97. The molecule has 0 fully saturated rings. The molecule has 2 N–H and O–H groups in total. The van der Waals surface area contributed by atoms with E-state index in [-0.39, 0.29) is 11.3 Å². The topological polar surface area (TPSA) is 74.6 Å². The number of phenolic OH excluding ortho intramolecular Hbond substituents is 1. The summed E-state index contributed by atoms with van der Waals surface area (Å²) in [6.07, 6.45) is 1.63. The molecular formula is C10H8O4. The number of para-hydroxylation sites is 1. The number of ketones is 1. The summed E-state index contributed by atoms with van der Waals surface area (Å²) in [5, 5.41) is 17.5. The Morgan fingerprint density at radius 1 is 1.14 bits per heavy atom. The number of rotatable bonds is 3. The van der Waals surface area contributed by atoms with E-state index in [9.17, 15) is 14.7 Å².